The predicted molar refractivity (Wildman–Crippen MR) is 126 cm³/mol. The van der Waals surface area contributed by atoms with Crippen molar-refractivity contribution in [1.82, 2.24) is 14.4 Å². The molecule has 0 spiro atoms. The second-order valence-corrected chi connectivity index (χ2v) is 13.1. The molecule has 1 saturated carbocycles. The highest BCUT2D eigenvalue weighted by atomic mass is 32.2. The van der Waals surface area contributed by atoms with E-state index in [0.717, 1.165) is 25.2 Å². The van der Waals surface area contributed by atoms with Gasteiger partial charge in [-0.2, -0.15) is 4.98 Å². The van der Waals surface area contributed by atoms with Crippen molar-refractivity contribution < 1.29 is 22.8 Å². The van der Waals surface area contributed by atoms with E-state index in [2.05, 4.69) is 5.16 Å². The van der Waals surface area contributed by atoms with E-state index >= 15 is 0 Å². The minimum absolute atomic E-state index is 0.0290. The van der Waals surface area contributed by atoms with Crippen molar-refractivity contribution in [2.45, 2.75) is 96.8 Å². The zero-order valence-electron chi connectivity index (χ0n) is 20.6. The third-order valence-corrected chi connectivity index (χ3v) is 8.82. The number of carboxylic acid groups (broad SMARTS) is 1. The van der Waals surface area contributed by atoms with Crippen LogP contribution in [0.25, 0.3) is 0 Å². The molecule has 2 fully saturated rings. The van der Waals surface area contributed by atoms with Crippen LogP contribution in [0.5, 0.6) is 0 Å². The summed E-state index contributed by atoms with van der Waals surface area (Å²) in [5, 5.41) is 14.3. The van der Waals surface area contributed by atoms with Crippen LogP contribution in [0.4, 0.5) is 0 Å². The molecule has 3 rings (SSSR count). The van der Waals surface area contributed by atoms with Crippen molar-refractivity contribution >= 4 is 16.0 Å². The Morgan fingerprint density at radius 3 is 2.33 bits per heavy atom. The molecule has 188 valence electrons. The Morgan fingerprint density at radius 2 is 1.79 bits per heavy atom. The van der Waals surface area contributed by atoms with E-state index in [1.807, 2.05) is 20.8 Å². The van der Waals surface area contributed by atoms with Crippen LogP contribution in [-0.2, 0) is 14.8 Å². The first kappa shape index (κ1) is 26.1. The van der Waals surface area contributed by atoms with Gasteiger partial charge in [-0.25, -0.2) is 12.7 Å². The van der Waals surface area contributed by atoms with Gasteiger partial charge in [-0.3, -0.25) is 4.79 Å². The molecule has 1 unspecified atom stereocenters. The molecular formula is C24H41N3O5S. The Balaban J connectivity index is 1.73. The molecule has 1 aromatic heterocycles. The van der Waals surface area contributed by atoms with Crippen molar-refractivity contribution in [2.75, 3.05) is 19.3 Å². The fraction of sp³-hybridized carbons (Fsp3) is 0.875. The molecule has 2 heterocycles. The van der Waals surface area contributed by atoms with Crippen LogP contribution >= 0.6 is 0 Å². The van der Waals surface area contributed by atoms with Gasteiger partial charge in [0, 0.05) is 19.0 Å². The summed E-state index contributed by atoms with van der Waals surface area (Å²) in [6.07, 6.45) is 11.8. The van der Waals surface area contributed by atoms with E-state index in [0.29, 0.717) is 37.6 Å². The summed E-state index contributed by atoms with van der Waals surface area (Å²) in [7, 11) is -3.19. The average Bonchev–Trinajstić information content (AvgIpc) is 3.22. The van der Waals surface area contributed by atoms with Crippen molar-refractivity contribution in [2.24, 2.45) is 17.3 Å². The number of aliphatic carboxylic acids is 1. The number of carboxylic acids is 1. The molecule has 2 aliphatic rings. The Labute approximate surface area is 198 Å². The Kier molecular flexibility index (Phi) is 8.59. The minimum Gasteiger partial charge on any atom is -0.481 e. The molecule has 1 aliphatic heterocycles. The first-order valence-electron chi connectivity index (χ1n) is 12.5. The second-order valence-electron chi connectivity index (χ2n) is 11.2. The van der Waals surface area contributed by atoms with Crippen molar-refractivity contribution in [3.8, 4) is 0 Å². The van der Waals surface area contributed by atoms with Gasteiger partial charge in [-0.1, -0.05) is 70.9 Å². The molecule has 33 heavy (non-hydrogen) atoms. The minimum atomic E-state index is -3.19. The van der Waals surface area contributed by atoms with Gasteiger partial charge in [-0.15, -0.1) is 0 Å². The number of carbonyl (C=O) groups is 1. The Hall–Kier alpha value is -1.48. The quantitative estimate of drug-likeness (QED) is 0.537. The predicted octanol–water partition coefficient (Wildman–Crippen LogP) is 4.79. The highest BCUT2D eigenvalue weighted by molar-refractivity contribution is 7.88. The average molecular weight is 484 g/mol. The van der Waals surface area contributed by atoms with Crippen LogP contribution in [0.1, 0.15) is 109 Å². The molecule has 1 saturated heterocycles. The summed E-state index contributed by atoms with van der Waals surface area (Å²) < 4.78 is 30.8. The van der Waals surface area contributed by atoms with Crippen LogP contribution in [0.15, 0.2) is 4.52 Å². The summed E-state index contributed by atoms with van der Waals surface area (Å²) in [6, 6.07) is 0. The highest BCUT2D eigenvalue weighted by Gasteiger charge is 2.42. The maximum Gasteiger partial charge on any atom is 0.307 e. The first-order valence-corrected chi connectivity index (χ1v) is 14.3. The number of hydrogen-bond acceptors (Lipinski definition) is 6. The zero-order valence-corrected chi connectivity index (χ0v) is 21.4. The fourth-order valence-electron chi connectivity index (χ4n) is 5.69. The topological polar surface area (TPSA) is 114 Å². The van der Waals surface area contributed by atoms with Crippen LogP contribution in [0.2, 0.25) is 0 Å². The molecule has 0 radical (unpaired) electrons. The number of sulfonamides is 1. The lowest BCUT2D eigenvalue weighted by Gasteiger charge is -2.32. The van der Waals surface area contributed by atoms with Crippen LogP contribution in [0.3, 0.4) is 0 Å². The van der Waals surface area contributed by atoms with Crippen LogP contribution in [-0.4, -0.2) is 53.3 Å². The van der Waals surface area contributed by atoms with E-state index < -0.39 is 27.3 Å². The molecule has 8 nitrogen and oxygen atoms in total. The summed E-state index contributed by atoms with van der Waals surface area (Å²) >= 11 is 0. The largest absolute Gasteiger partial charge is 0.481 e. The summed E-state index contributed by atoms with van der Waals surface area (Å²) in [5.74, 6) is -0.00838. The molecule has 0 amide bonds. The number of rotatable bonds is 9. The third-order valence-electron chi connectivity index (χ3n) is 7.52. The van der Waals surface area contributed by atoms with Crippen LogP contribution in [0, 0.1) is 17.3 Å². The SMILES string of the molecule is CC(C)(C)C(C(=O)O)[C@@H](CCCC1CCCCC1)c1nc(C2CCN(S(C)(=O)=O)CC2)no1. The standard InChI is InChI=1S/C24H41N3O5S/c1-24(2,3)20(23(28)29)19(12-8-11-17-9-6-5-7-10-17)22-25-21(26-32-22)18-13-15-27(16-14-18)33(4,30)31/h17-20H,5-16H2,1-4H3,(H,28,29)/t19-,20?/m1/s1. The van der Waals surface area contributed by atoms with Gasteiger partial charge in [0.15, 0.2) is 5.82 Å². The maximum atomic E-state index is 12.3. The molecule has 1 N–H and O–H groups in total. The van der Waals surface area contributed by atoms with E-state index in [4.69, 9.17) is 9.51 Å². The molecule has 1 aliphatic carbocycles. The van der Waals surface area contributed by atoms with Gasteiger partial charge in [0.2, 0.25) is 15.9 Å². The van der Waals surface area contributed by atoms with Gasteiger partial charge in [0.05, 0.1) is 18.1 Å². The van der Waals surface area contributed by atoms with Gasteiger partial charge in [0.1, 0.15) is 0 Å². The fourth-order valence-corrected chi connectivity index (χ4v) is 6.56. The molecular weight excluding hydrogens is 442 g/mol. The number of nitrogens with zero attached hydrogens (tertiary/aromatic N) is 3. The Morgan fingerprint density at radius 1 is 1.15 bits per heavy atom. The smallest absolute Gasteiger partial charge is 0.307 e. The summed E-state index contributed by atoms with van der Waals surface area (Å²) in [6.45, 7) is 6.75. The van der Waals surface area contributed by atoms with Gasteiger partial charge in [-0.05, 0) is 30.6 Å². The van der Waals surface area contributed by atoms with Gasteiger partial charge >= 0.3 is 5.97 Å². The van der Waals surface area contributed by atoms with E-state index in [-0.39, 0.29) is 11.8 Å². The van der Waals surface area contributed by atoms with E-state index in [9.17, 15) is 18.3 Å². The number of aromatic nitrogens is 2. The van der Waals surface area contributed by atoms with Gasteiger partial charge < -0.3 is 9.63 Å². The highest BCUT2D eigenvalue weighted by Crippen LogP contribution is 2.42. The molecule has 2 atom stereocenters. The molecule has 0 aromatic carbocycles. The number of hydrogen-bond donors (Lipinski definition) is 1. The monoisotopic (exact) mass is 483 g/mol. The summed E-state index contributed by atoms with van der Waals surface area (Å²) in [5.41, 5.74) is -0.448. The lowest BCUT2D eigenvalue weighted by molar-refractivity contribution is -0.147. The first-order chi connectivity index (χ1) is 15.5. The normalized spacial score (nSPS) is 21.7. The molecule has 1 aromatic rings. The summed E-state index contributed by atoms with van der Waals surface area (Å²) in [4.78, 5) is 17.0. The van der Waals surface area contributed by atoms with Crippen molar-refractivity contribution in [1.29, 1.82) is 0 Å². The van der Waals surface area contributed by atoms with Gasteiger partial charge in [0.25, 0.3) is 0 Å². The third kappa shape index (κ3) is 7.01. The number of piperidine rings is 1. The van der Waals surface area contributed by atoms with Crippen LogP contribution < -0.4 is 0 Å². The van der Waals surface area contributed by atoms with E-state index in [1.54, 1.807) is 0 Å². The lowest BCUT2D eigenvalue weighted by Crippen LogP contribution is -2.37. The maximum absolute atomic E-state index is 12.3. The second kappa shape index (κ2) is 10.8. The van der Waals surface area contributed by atoms with E-state index in [1.165, 1.54) is 42.7 Å². The van der Waals surface area contributed by atoms with Crippen molar-refractivity contribution in [3.63, 3.8) is 0 Å². The molecule has 9 heteroatoms. The Bertz CT molecular complexity index is 878. The van der Waals surface area contributed by atoms with Crippen molar-refractivity contribution in [3.05, 3.63) is 11.7 Å². The lowest BCUT2D eigenvalue weighted by atomic mass is 9.71. The molecule has 0 bridgehead atoms. The zero-order chi connectivity index (χ0) is 24.2.